The first-order chi connectivity index (χ1) is 6.75. The lowest BCUT2D eigenvalue weighted by molar-refractivity contribution is 0.464. The minimum atomic E-state index is 0.213. The Morgan fingerprint density at radius 1 is 1.43 bits per heavy atom. The Morgan fingerprint density at radius 3 is 3.00 bits per heavy atom. The molecule has 4 nitrogen and oxygen atoms in total. The van der Waals surface area contributed by atoms with Gasteiger partial charge in [0, 0.05) is 10.6 Å². The molecule has 0 aliphatic heterocycles. The van der Waals surface area contributed by atoms with Crippen molar-refractivity contribution >= 4 is 11.6 Å². The van der Waals surface area contributed by atoms with Crippen LogP contribution in [0.3, 0.4) is 0 Å². The second kappa shape index (κ2) is 3.67. The number of hydrogen-bond donors (Lipinski definition) is 1. The minimum absolute atomic E-state index is 0.213. The maximum Gasteiger partial charge on any atom is 0.137 e. The van der Waals surface area contributed by atoms with Crippen LogP contribution in [0.5, 0.6) is 5.75 Å². The zero-order valence-electron chi connectivity index (χ0n) is 7.26. The zero-order chi connectivity index (χ0) is 9.97. The van der Waals surface area contributed by atoms with Crippen LogP contribution in [-0.4, -0.2) is 19.9 Å². The molecule has 0 aliphatic rings. The minimum Gasteiger partial charge on any atom is -0.508 e. The molecule has 2 rings (SSSR count). The highest BCUT2D eigenvalue weighted by molar-refractivity contribution is 6.30. The van der Waals surface area contributed by atoms with Crippen LogP contribution in [-0.2, 0) is 6.54 Å². The second-order valence-electron chi connectivity index (χ2n) is 2.87. The van der Waals surface area contributed by atoms with Crippen molar-refractivity contribution in [1.29, 1.82) is 0 Å². The molecule has 2 aromatic rings. The van der Waals surface area contributed by atoms with Gasteiger partial charge in [0.25, 0.3) is 0 Å². The summed E-state index contributed by atoms with van der Waals surface area (Å²) in [4.78, 5) is 3.81. The van der Waals surface area contributed by atoms with Crippen LogP contribution in [0.15, 0.2) is 30.9 Å². The molecule has 5 heteroatoms. The van der Waals surface area contributed by atoms with Crippen LogP contribution in [0.2, 0.25) is 5.02 Å². The smallest absolute Gasteiger partial charge is 0.137 e. The van der Waals surface area contributed by atoms with Crippen molar-refractivity contribution in [3.8, 4) is 5.75 Å². The Hall–Kier alpha value is -1.55. The molecule has 0 unspecified atom stereocenters. The zero-order valence-corrected chi connectivity index (χ0v) is 8.02. The van der Waals surface area contributed by atoms with Crippen LogP contribution >= 0.6 is 11.6 Å². The quantitative estimate of drug-likeness (QED) is 0.819. The van der Waals surface area contributed by atoms with Crippen molar-refractivity contribution < 1.29 is 5.11 Å². The normalized spacial score (nSPS) is 10.4. The number of halogens is 1. The van der Waals surface area contributed by atoms with Gasteiger partial charge in [0.15, 0.2) is 0 Å². The van der Waals surface area contributed by atoms with Crippen molar-refractivity contribution in [2.45, 2.75) is 6.54 Å². The van der Waals surface area contributed by atoms with E-state index in [0.29, 0.717) is 11.6 Å². The van der Waals surface area contributed by atoms with Crippen molar-refractivity contribution in [2.24, 2.45) is 0 Å². The number of aromatic nitrogens is 3. The van der Waals surface area contributed by atoms with E-state index in [1.54, 1.807) is 29.2 Å². The van der Waals surface area contributed by atoms with Gasteiger partial charge in [-0.15, -0.1) is 0 Å². The lowest BCUT2D eigenvalue weighted by atomic mass is 10.2. The van der Waals surface area contributed by atoms with Gasteiger partial charge in [-0.25, -0.2) is 9.67 Å². The van der Waals surface area contributed by atoms with Crippen LogP contribution in [0.1, 0.15) is 5.56 Å². The summed E-state index contributed by atoms with van der Waals surface area (Å²) in [6, 6.07) is 4.91. The van der Waals surface area contributed by atoms with E-state index in [-0.39, 0.29) is 5.75 Å². The van der Waals surface area contributed by atoms with E-state index in [4.69, 9.17) is 11.6 Å². The fourth-order valence-electron chi connectivity index (χ4n) is 1.17. The van der Waals surface area contributed by atoms with Gasteiger partial charge in [-0.1, -0.05) is 11.6 Å². The standard InChI is InChI=1S/C9H8ClN3O/c10-8-1-2-9(14)7(3-8)4-13-6-11-5-12-13/h1-3,5-6,14H,4H2. The van der Waals surface area contributed by atoms with Crippen LogP contribution in [0.4, 0.5) is 0 Å². The molecule has 0 aliphatic carbocycles. The van der Waals surface area contributed by atoms with Gasteiger partial charge in [0.1, 0.15) is 18.4 Å². The predicted octanol–water partition coefficient (Wildman–Crippen LogP) is 1.69. The van der Waals surface area contributed by atoms with Crippen molar-refractivity contribution in [2.75, 3.05) is 0 Å². The Labute approximate surface area is 85.8 Å². The monoisotopic (exact) mass is 209 g/mol. The summed E-state index contributed by atoms with van der Waals surface area (Å²) < 4.78 is 1.62. The largest absolute Gasteiger partial charge is 0.508 e. The maximum atomic E-state index is 9.51. The molecular weight excluding hydrogens is 202 g/mol. The molecule has 0 fully saturated rings. The van der Waals surface area contributed by atoms with Gasteiger partial charge in [-0.3, -0.25) is 0 Å². The number of rotatable bonds is 2. The molecular formula is C9H8ClN3O. The number of nitrogens with zero attached hydrogens (tertiary/aromatic N) is 3. The Kier molecular flexibility index (Phi) is 2.37. The summed E-state index contributed by atoms with van der Waals surface area (Å²) in [5, 5.41) is 14.0. The van der Waals surface area contributed by atoms with Gasteiger partial charge in [-0.05, 0) is 18.2 Å². The first-order valence-corrected chi connectivity index (χ1v) is 4.43. The van der Waals surface area contributed by atoms with Gasteiger partial charge in [0.2, 0.25) is 0 Å². The number of phenolic OH excluding ortho intramolecular Hbond substituents is 1. The Balaban J connectivity index is 2.28. The highest BCUT2D eigenvalue weighted by Gasteiger charge is 2.02. The highest BCUT2D eigenvalue weighted by Crippen LogP contribution is 2.21. The topological polar surface area (TPSA) is 50.9 Å². The van der Waals surface area contributed by atoms with Crippen LogP contribution in [0.25, 0.3) is 0 Å². The van der Waals surface area contributed by atoms with Gasteiger partial charge < -0.3 is 5.11 Å². The third kappa shape index (κ3) is 1.85. The lowest BCUT2D eigenvalue weighted by Crippen LogP contribution is -2.00. The summed E-state index contributed by atoms with van der Waals surface area (Å²) in [7, 11) is 0. The van der Waals surface area contributed by atoms with Gasteiger partial charge >= 0.3 is 0 Å². The molecule has 0 spiro atoms. The van der Waals surface area contributed by atoms with Gasteiger partial charge in [0.05, 0.1) is 6.54 Å². The average molecular weight is 210 g/mol. The van der Waals surface area contributed by atoms with Crippen molar-refractivity contribution in [3.63, 3.8) is 0 Å². The number of aromatic hydroxyl groups is 1. The first-order valence-electron chi connectivity index (χ1n) is 4.05. The predicted molar refractivity (Wildman–Crippen MR) is 52.2 cm³/mol. The third-order valence-corrected chi connectivity index (χ3v) is 2.08. The first kappa shape index (κ1) is 9.02. The highest BCUT2D eigenvalue weighted by atomic mass is 35.5. The molecule has 1 aromatic heterocycles. The van der Waals surface area contributed by atoms with E-state index in [2.05, 4.69) is 10.1 Å². The van der Waals surface area contributed by atoms with E-state index < -0.39 is 0 Å². The summed E-state index contributed by atoms with van der Waals surface area (Å²) in [5.74, 6) is 0.213. The van der Waals surface area contributed by atoms with E-state index in [1.165, 1.54) is 6.33 Å². The molecule has 72 valence electrons. The van der Waals surface area contributed by atoms with Gasteiger partial charge in [-0.2, -0.15) is 5.10 Å². The fourth-order valence-corrected chi connectivity index (χ4v) is 1.36. The van der Waals surface area contributed by atoms with Crippen LogP contribution < -0.4 is 0 Å². The van der Waals surface area contributed by atoms with E-state index in [0.717, 1.165) is 5.56 Å². The molecule has 0 bridgehead atoms. The van der Waals surface area contributed by atoms with E-state index in [1.807, 2.05) is 0 Å². The van der Waals surface area contributed by atoms with E-state index >= 15 is 0 Å². The molecule has 1 aromatic carbocycles. The molecule has 0 saturated carbocycles. The fraction of sp³-hybridized carbons (Fsp3) is 0.111. The SMILES string of the molecule is Oc1ccc(Cl)cc1Cn1cncn1. The molecule has 0 radical (unpaired) electrons. The Bertz CT molecular complexity index is 428. The van der Waals surface area contributed by atoms with E-state index in [9.17, 15) is 5.11 Å². The summed E-state index contributed by atoms with van der Waals surface area (Å²) >= 11 is 5.80. The number of benzene rings is 1. The summed E-state index contributed by atoms with van der Waals surface area (Å²) in [6.45, 7) is 0.465. The average Bonchev–Trinajstić information content (AvgIpc) is 2.64. The molecule has 0 atom stereocenters. The summed E-state index contributed by atoms with van der Waals surface area (Å²) in [6.07, 6.45) is 3.03. The maximum absolute atomic E-state index is 9.51. The lowest BCUT2D eigenvalue weighted by Gasteiger charge is -2.04. The van der Waals surface area contributed by atoms with Crippen molar-refractivity contribution in [3.05, 3.63) is 41.4 Å². The second-order valence-corrected chi connectivity index (χ2v) is 3.30. The summed E-state index contributed by atoms with van der Waals surface area (Å²) in [5.41, 5.74) is 0.725. The Morgan fingerprint density at radius 2 is 2.29 bits per heavy atom. The molecule has 1 heterocycles. The number of hydrogen-bond acceptors (Lipinski definition) is 3. The third-order valence-electron chi connectivity index (χ3n) is 1.84. The molecule has 14 heavy (non-hydrogen) atoms. The number of phenols is 1. The van der Waals surface area contributed by atoms with Crippen LogP contribution in [0, 0.1) is 0 Å². The van der Waals surface area contributed by atoms with Crippen molar-refractivity contribution in [1.82, 2.24) is 14.8 Å². The molecule has 0 saturated heterocycles. The molecule has 0 amide bonds. The molecule has 1 N–H and O–H groups in total.